The number of aryl methyl sites for hydroxylation is 1. The van der Waals surface area contributed by atoms with E-state index >= 15 is 0 Å². The van der Waals surface area contributed by atoms with Gasteiger partial charge in [-0.1, -0.05) is 12.1 Å². The van der Waals surface area contributed by atoms with Gasteiger partial charge in [-0.25, -0.2) is 0 Å². The number of benzene rings is 1. The van der Waals surface area contributed by atoms with Crippen molar-refractivity contribution < 1.29 is 9.59 Å². The first kappa shape index (κ1) is 18.9. The predicted octanol–water partition coefficient (Wildman–Crippen LogP) is 2.05. The molecule has 1 aliphatic heterocycles. The van der Waals surface area contributed by atoms with E-state index < -0.39 is 0 Å². The van der Waals surface area contributed by atoms with E-state index in [-0.39, 0.29) is 18.2 Å². The Hall–Kier alpha value is -2.89. The van der Waals surface area contributed by atoms with Crippen molar-refractivity contribution in [2.24, 2.45) is 0 Å². The summed E-state index contributed by atoms with van der Waals surface area (Å²) in [6.45, 7) is 7.52. The number of amides is 2. The van der Waals surface area contributed by atoms with Gasteiger partial charge in [-0.15, -0.1) is 0 Å². The average molecular weight is 366 g/mol. The molecular formula is C21H26N4O2. The van der Waals surface area contributed by atoms with Crippen LogP contribution in [0, 0.1) is 13.8 Å². The van der Waals surface area contributed by atoms with Crippen LogP contribution in [-0.2, 0) is 16.1 Å². The van der Waals surface area contributed by atoms with E-state index in [0.29, 0.717) is 19.6 Å². The van der Waals surface area contributed by atoms with Crippen molar-refractivity contribution in [1.29, 1.82) is 0 Å². The summed E-state index contributed by atoms with van der Waals surface area (Å²) in [6, 6.07) is 10.0. The lowest BCUT2D eigenvalue weighted by Gasteiger charge is -2.37. The van der Waals surface area contributed by atoms with Gasteiger partial charge in [0.25, 0.3) is 0 Å². The molecule has 0 spiro atoms. The van der Waals surface area contributed by atoms with Gasteiger partial charge in [0.15, 0.2) is 0 Å². The number of carbonyl (C=O) groups excluding carboxylic acids is 2. The molecule has 6 nitrogen and oxygen atoms in total. The van der Waals surface area contributed by atoms with Crippen LogP contribution in [0.5, 0.6) is 0 Å². The van der Waals surface area contributed by atoms with Gasteiger partial charge < -0.3 is 15.1 Å². The van der Waals surface area contributed by atoms with Gasteiger partial charge in [-0.05, 0) is 48.7 Å². The normalized spacial score (nSPS) is 14.1. The molecule has 2 aromatic rings. The van der Waals surface area contributed by atoms with E-state index in [1.807, 2.05) is 12.1 Å². The molecule has 1 aliphatic rings. The van der Waals surface area contributed by atoms with Crippen molar-refractivity contribution >= 4 is 17.5 Å². The highest BCUT2D eigenvalue weighted by Crippen LogP contribution is 2.23. The van der Waals surface area contributed by atoms with E-state index in [4.69, 9.17) is 0 Å². The molecule has 3 rings (SSSR count). The first-order chi connectivity index (χ1) is 13.0. The van der Waals surface area contributed by atoms with Gasteiger partial charge in [0.2, 0.25) is 11.8 Å². The summed E-state index contributed by atoms with van der Waals surface area (Å²) in [5, 5.41) is 2.79. The Balaban J connectivity index is 1.47. The molecule has 0 bridgehead atoms. The minimum atomic E-state index is -0.242. The van der Waals surface area contributed by atoms with E-state index in [2.05, 4.69) is 47.2 Å². The number of pyridine rings is 1. The van der Waals surface area contributed by atoms with Crippen molar-refractivity contribution in [2.75, 3.05) is 31.1 Å². The number of piperazine rings is 1. The van der Waals surface area contributed by atoms with Crippen LogP contribution >= 0.6 is 0 Å². The zero-order valence-corrected chi connectivity index (χ0v) is 15.9. The van der Waals surface area contributed by atoms with Crippen molar-refractivity contribution in [3.8, 4) is 0 Å². The number of carbonyl (C=O) groups is 2. The second-order valence-corrected chi connectivity index (χ2v) is 6.90. The minimum absolute atomic E-state index is 0.103. The summed E-state index contributed by atoms with van der Waals surface area (Å²) < 4.78 is 0. The van der Waals surface area contributed by atoms with Crippen LogP contribution in [0.15, 0.2) is 42.7 Å². The van der Waals surface area contributed by atoms with E-state index in [1.165, 1.54) is 16.8 Å². The average Bonchev–Trinajstić information content (AvgIpc) is 2.69. The number of rotatable bonds is 5. The number of aromatic nitrogens is 1. The fourth-order valence-electron chi connectivity index (χ4n) is 3.29. The molecule has 2 heterocycles. The maximum atomic E-state index is 12.4. The van der Waals surface area contributed by atoms with Crippen LogP contribution in [0.1, 0.15) is 23.1 Å². The maximum absolute atomic E-state index is 12.4. The molecular weight excluding hydrogens is 340 g/mol. The first-order valence-corrected chi connectivity index (χ1v) is 9.29. The van der Waals surface area contributed by atoms with Gasteiger partial charge in [-0.3, -0.25) is 14.6 Å². The molecule has 1 aromatic carbocycles. The number of hydrogen-bond donors (Lipinski definition) is 1. The van der Waals surface area contributed by atoms with Crippen molar-refractivity contribution in [1.82, 2.24) is 15.2 Å². The van der Waals surface area contributed by atoms with Crippen LogP contribution in [0.2, 0.25) is 0 Å². The molecule has 0 radical (unpaired) electrons. The third kappa shape index (κ3) is 4.84. The number of nitrogens with zero attached hydrogens (tertiary/aromatic N) is 3. The molecule has 1 aromatic heterocycles. The SMILES string of the molecule is Cc1cccc(N2CCN(C(=O)CC(=O)NCc3ccncc3)CC2)c1C. The molecule has 27 heavy (non-hydrogen) atoms. The van der Waals surface area contributed by atoms with Gasteiger partial charge in [0, 0.05) is 50.8 Å². The lowest BCUT2D eigenvalue weighted by molar-refractivity contribution is -0.136. The summed E-state index contributed by atoms with van der Waals surface area (Å²) in [7, 11) is 0. The molecule has 142 valence electrons. The fourth-order valence-corrected chi connectivity index (χ4v) is 3.29. The second kappa shape index (κ2) is 8.66. The molecule has 1 fully saturated rings. The summed E-state index contributed by atoms with van der Waals surface area (Å²) in [5.74, 6) is -0.350. The largest absolute Gasteiger partial charge is 0.368 e. The van der Waals surface area contributed by atoms with Crippen molar-refractivity contribution in [3.63, 3.8) is 0 Å². The molecule has 0 aliphatic carbocycles. The molecule has 1 saturated heterocycles. The zero-order valence-electron chi connectivity index (χ0n) is 15.9. The third-order valence-corrected chi connectivity index (χ3v) is 5.10. The first-order valence-electron chi connectivity index (χ1n) is 9.29. The van der Waals surface area contributed by atoms with Crippen LogP contribution in [-0.4, -0.2) is 47.9 Å². The van der Waals surface area contributed by atoms with E-state index in [1.54, 1.807) is 17.3 Å². The Labute approximate surface area is 160 Å². The molecule has 0 saturated carbocycles. The number of anilines is 1. The minimum Gasteiger partial charge on any atom is -0.368 e. The summed E-state index contributed by atoms with van der Waals surface area (Å²) in [5.41, 5.74) is 4.76. The highest BCUT2D eigenvalue weighted by atomic mass is 16.2. The highest BCUT2D eigenvalue weighted by molar-refractivity contribution is 5.96. The second-order valence-electron chi connectivity index (χ2n) is 6.90. The summed E-state index contributed by atoms with van der Waals surface area (Å²) in [6.07, 6.45) is 3.26. The maximum Gasteiger partial charge on any atom is 0.232 e. The Morgan fingerprint density at radius 2 is 1.74 bits per heavy atom. The number of nitrogens with one attached hydrogen (secondary N) is 1. The van der Waals surface area contributed by atoms with E-state index in [9.17, 15) is 9.59 Å². The molecule has 0 unspecified atom stereocenters. The monoisotopic (exact) mass is 366 g/mol. The number of hydrogen-bond acceptors (Lipinski definition) is 4. The molecule has 2 amide bonds. The Bertz CT molecular complexity index is 799. The smallest absolute Gasteiger partial charge is 0.232 e. The van der Waals surface area contributed by atoms with Gasteiger partial charge in [0.1, 0.15) is 6.42 Å². The lowest BCUT2D eigenvalue weighted by Crippen LogP contribution is -2.49. The highest BCUT2D eigenvalue weighted by Gasteiger charge is 2.23. The molecule has 6 heteroatoms. The van der Waals surface area contributed by atoms with Crippen LogP contribution in [0.3, 0.4) is 0 Å². The topological polar surface area (TPSA) is 65.5 Å². The third-order valence-electron chi connectivity index (χ3n) is 5.10. The fraction of sp³-hybridized carbons (Fsp3) is 0.381. The zero-order chi connectivity index (χ0) is 19.2. The van der Waals surface area contributed by atoms with Crippen molar-refractivity contribution in [3.05, 3.63) is 59.4 Å². The quantitative estimate of drug-likeness (QED) is 0.823. The van der Waals surface area contributed by atoms with Crippen LogP contribution in [0.25, 0.3) is 0 Å². The van der Waals surface area contributed by atoms with Gasteiger partial charge in [-0.2, -0.15) is 0 Å². The Kier molecular flexibility index (Phi) is 6.06. The standard InChI is InChI=1S/C21H26N4O2/c1-16-4-3-5-19(17(16)2)24-10-12-25(13-11-24)21(27)14-20(26)23-15-18-6-8-22-9-7-18/h3-9H,10-15H2,1-2H3,(H,23,26). The van der Waals surface area contributed by atoms with E-state index in [0.717, 1.165) is 18.7 Å². The summed E-state index contributed by atoms with van der Waals surface area (Å²) >= 11 is 0. The van der Waals surface area contributed by atoms with Crippen LogP contribution < -0.4 is 10.2 Å². The molecule has 0 atom stereocenters. The Morgan fingerprint density at radius 1 is 1.04 bits per heavy atom. The lowest BCUT2D eigenvalue weighted by atomic mass is 10.1. The van der Waals surface area contributed by atoms with Crippen LogP contribution in [0.4, 0.5) is 5.69 Å². The van der Waals surface area contributed by atoms with Gasteiger partial charge in [0.05, 0.1) is 0 Å². The summed E-state index contributed by atoms with van der Waals surface area (Å²) in [4.78, 5) is 32.5. The van der Waals surface area contributed by atoms with Crippen molar-refractivity contribution in [2.45, 2.75) is 26.8 Å². The Morgan fingerprint density at radius 3 is 2.44 bits per heavy atom. The molecule has 1 N–H and O–H groups in total. The van der Waals surface area contributed by atoms with Gasteiger partial charge >= 0.3 is 0 Å². The predicted molar refractivity (Wildman–Crippen MR) is 105 cm³/mol.